The van der Waals surface area contributed by atoms with Crippen LogP contribution in [0.1, 0.15) is 16.8 Å². The Kier molecular flexibility index (Phi) is 5.72. The number of thioether (sulfide) groups is 1. The van der Waals surface area contributed by atoms with Crippen molar-refractivity contribution in [1.29, 1.82) is 0 Å². The average Bonchev–Trinajstić information content (AvgIpc) is 2.46. The number of esters is 1. The summed E-state index contributed by atoms with van der Waals surface area (Å²) in [6, 6.07) is 2.77. The third kappa shape index (κ3) is 4.25. The van der Waals surface area contributed by atoms with E-state index in [-0.39, 0.29) is 34.6 Å². The van der Waals surface area contributed by atoms with Gasteiger partial charge in [0.15, 0.2) is 0 Å². The number of carbonyl (C=O) groups excluding carboxylic acids is 2. The topological polar surface area (TPSA) is 59.5 Å². The van der Waals surface area contributed by atoms with E-state index in [9.17, 15) is 9.59 Å². The van der Waals surface area contributed by atoms with Gasteiger partial charge >= 0.3 is 5.97 Å². The minimum Gasteiger partial charge on any atom is -0.469 e. The van der Waals surface area contributed by atoms with Gasteiger partial charge in [0.05, 0.1) is 19.6 Å². The third-order valence-electron chi connectivity index (χ3n) is 3.13. The minimum absolute atomic E-state index is 0.168. The molecule has 114 valence electrons. The van der Waals surface area contributed by atoms with E-state index in [4.69, 9.17) is 23.2 Å². The lowest BCUT2D eigenvalue weighted by molar-refractivity contribution is -0.141. The van der Waals surface area contributed by atoms with Crippen LogP contribution in [0, 0.1) is 0 Å². The van der Waals surface area contributed by atoms with E-state index in [0.717, 1.165) is 5.75 Å². The molecule has 0 radical (unpaired) electrons. The highest BCUT2D eigenvalue weighted by atomic mass is 35.5. The van der Waals surface area contributed by atoms with Crippen molar-refractivity contribution in [2.75, 3.05) is 25.2 Å². The fourth-order valence-corrected chi connectivity index (χ4v) is 3.64. The Labute approximate surface area is 136 Å². The molecular formula is C13H14Cl2N2O3S. The van der Waals surface area contributed by atoms with Gasteiger partial charge in [0.1, 0.15) is 10.3 Å². The molecule has 0 N–H and O–H groups in total. The first-order valence-corrected chi connectivity index (χ1v) is 8.21. The highest BCUT2D eigenvalue weighted by molar-refractivity contribution is 7.99. The number of ether oxygens (including phenoxy) is 1. The number of aromatic nitrogens is 1. The molecule has 0 saturated carbocycles. The molecule has 1 saturated heterocycles. The van der Waals surface area contributed by atoms with Gasteiger partial charge in [-0.25, -0.2) is 4.98 Å². The molecule has 1 aromatic rings. The zero-order chi connectivity index (χ0) is 15.4. The van der Waals surface area contributed by atoms with Gasteiger partial charge in [-0.2, -0.15) is 11.8 Å². The summed E-state index contributed by atoms with van der Waals surface area (Å²) in [5, 5.41) is 0.337. The standard InChI is InChI=1S/C13H14Cl2N2O3S/c1-20-12(18)6-9-7-21-3-2-17(9)13(19)8-4-10(14)16-11(15)5-8/h4-5,9H,2-3,6-7H2,1H3. The van der Waals surface area contributed by atoms with Crippen LogP contribution < -0.4 is 0 Å². The summed E-state index contributed by atoms with van der Waals surface area (Å²) in [5.41, 5.74) is 0.377. The van der Waals surface area contributed by atoms with Gasteiger partial charge in [0.2, 0.25) is 0 Å². The fraction of sp³-hybridized carbons (Fsp3) is 0.462. The molecule has 1 amide bonds. The number of hydrogen-bond acceptors (Lipinski definition) is 5. The van der Waals surface area contributed by atoms with E-state index in [2.05, 4.69) is 9.72 Å². The van der Waals surface area contributed by atoms with Crippen molar-refractivity contribution >= 4 is 46.8 Å². The normalized spacial score (nSPS) is 18.4. The summed E-state index contributed by atoms with van der Waals surface area (Å²) >= 11 is 13.4. The molecule has 2 heterocycles. The molecule has 1 atom stereocenters. The predicted molar refractivity (Wildman–Crippen MR) is 83.0 cm³/mol. The van der Waals surface area contributed by atoms with Crippen molar-refractivity contribution in [2.45, 2.75) is 12.5 Å². The molecule has 0 aromatic carbocycles. The van der Waals surface area contributed by atoms with Gasteiger partial charge in [-0.3, -0.25) is 9.59 Å². The van der Waals surface area contributed by atoms with Crippen molar-refractivity contribution in [3.05, 3.63) is 28.0 Å². The molecule has 2 rings (SSSR count). The quantitative estimate of drug-likeness (QED) is 0.620. The van der Waals surface area contributed by atoms with Crippen LogP contribution in [0.25, 0.3) is 0 Å². The summed E-state index contributed by atoms with van der Waals surface area (Å²) in [4.78, 5) is 29.6. The number of halogens is 2. The van der Waals surface area contributed by atoms with Crippen LogP contribution in [0.4, 0.5) is 0 Å². The number of amides is 1. The molecule has 0 bridgehead atoms. The summed E-state index contributed by atoms with van der Waals surface area (Å²) in [5.74, 6) is 1.00. The van der Waals surface area contributed by atoms with Gasteiger partial charge < -0.3 is 9.64 Å². The molecule has 0 spiro atoms. The number of pyridine rings is 1. The first-order valence-electron chi connectivity index (χ1n) is 6.30. The van der Waals surface area contributed by atoms with Crippen LogP contribution >= 0.6 is 35.0 Å². The van der Waals surface area contributed by atoms with Crippen molar-refractivity contribution in [2.24, 2.45) is 0 Å². The van der Waals surface area contributed by atoms with Crippen molar-refractivity contribution in [3.8, 4) is 0 Å². The Morgan fingerprint density at radius 2 is 2.10 bits per heavy atom. The average molecular weight is 349 g/mol. The zero-order valence-corrected chi connectivity index (χ0v) is 13.7. The molecule has 1 aliphatic rings. The number of hydrogen-bond donors (Lipinski definition) is 0. The van der Waals surface area contributed by atoms with Crippen LogP contribution in [-0.2, 0) is 9.53 Å². The molecular weight excluding hydrogens is 335 g/mol. The number of methoxy groups -OCH3 is 1. The zero-order valence-electron chi connectivity index (χ0n) is 11.3. The maximum atomic E-state index is 12.6. The lowest BCUT2D eigenvalue weighted by Gasteiger charge is -2.35. The highest BCUT2D eigenvalue weighted by Gasteiger charge is 2.30. The second kappa shape index (κ2) is 7.33. The van der Waals surface area contributed by atoms with Crippen molar-refractivity contribution in [1.82, 2.24) is 9.88 Å². The van der Waals surface area contributed by atoms with Crippen molar-refractivity contribution < 1.29 is 14.3 Å². The van der Waals surface area contributed by atoms with E-state index >= 15 is 0 Å². The van der Waals surface area contributed by atoms with Gasteiger partial charge in [0.25, 0.3) is 5.91 Å². The highest BCUT2D eigenvalue weighted by Crippen LogP contribution is 2.23. The predicted octanol–water partition coefficient (Wildman–Crippen LogP) is 2.51. The lowest BCUT2D eigenvalue weighted by Crippen LogP contribution is -2.47. The fourth-order valence-electron chi connectivity index (χ4n) is 2.12. The monoisotopic (exact) mass is 348 g/mol. The molecule has 8 heteroatoms. The SMILES string of the molecule is COC(=O)CC1CSCCN1C(=O)c1cc(Cl)nc(Cl)c1. The van der Waals surface area contributed by atoms with Crippen LogP contribution in [0.15, 0.2) is 12.1 Å². The molecule has 21 heavy (non-hydrogen) atoms. The first-order chi connectivity index (χ1) is 10.0. The second-order valence-electron chi connectivity index (χ2n) is 4.51. The molecule has 5 nitrogen and oxygen atoms in total. The lowest BCUT2D eigenvalue weighted by atomic mass is 10.1. The van der Waals surface area contributed by atoms with Crippen LogP contribution in [0.3, 0.4) is 0 Å². The van der Waals surface area contributed by atoms with E-state index in [1.54, 1.807) is 16.7 Å². The van der Waals surface area contributed by atoms with Gasteiger partial charge in [0, 0.05) is 23.6 Å². The minimum atomic E-state index is -0.328. The molecule has 1 aliphatic heterocycles. The summed E-state index contributed by atoms with van der Waals surface area (Å²) < 4.78 is 4.69. The van der Waals surface area contributed by atoms with Crippen LogP contribution in [0.2, 0.25) is 10.3 Å². The largest absolute Gasteiger partial charge is 0.469 e. The Morgan fingerprint density at radius 1 is 1.43 bits per heavy atom. The maximum Gasteiger partial charge on any atom is 0.307 e. The van der Waals surface area contributed by atoms with E-state index in [1.165, 1.54) is 19.2 Å². The van der Waals surface area contributed by atoms with Crippen LogP contribution in [-0.4, -0.2) is 53.0 Å². The van der Waals surface area contributed by atoms with Gasteiger partial charge in [-0.05, 0) is 12.1 Å². The van der Waals surface area contributed by atoms with Crippen LogP contribution in [0.5, 0.6) is 0 Å². The number of nitrogens with zero attached hydrogens (tertiary/aromatic N) is 2. The summed E-state index contributed by atoms with van der Waals surface area (Å²) in [6.45, 7) is 0.572. The maximum absolute atomic E-state index is 12.6. The van der Waals surface area contributed by atoms with Gasteiger partial charge in [-0.1, -0.05) is 23.2 Å². The summed E-state index contributed by atoms with van der Waals surface area (Å²) in [6.07, 6.45) is 0.182. The Hall–Kier alpha value is -0.980. The third-order valence-corrected chi connectivity index (χ3v) is 4.61. The first kappa shape index (κ1) is 16.4. The van der Waals surface area contributed by atoms with E-state index in [1.807, 2.05) is 0 Å². The second-order valence-corrected chi connectivity index (χ2v) is 6.43. The summed E-state index contributed by atoms with van der Waals surface area (Å²) in [7, 11) is 1.34. The van der Waals surface area contributed by atoms with E-state index < -0.39 is 0 Å². The molecule has 1 unspecified atom stereocenters. The number of rotatable bonds is 3. The number of carbonyl (C=O) groups is 2. The smallest absolute Gasteiger partial charge is 0.307 e. The van der Waals surface area contributed by atoms with Crippen molar-refractivity contribution in [3.63, 3.8) is 0 Å². The van der Waals surface area contributed by atoms with Gasteiger partial charge in [-0.15, -0.1) is 0 Å². The van der Waals surface area contributed by atoms with E-state index in [0.29, 0.717) is 17.9 Å². The Bertz CT molecular complexity index is 536. The molecule has 1 aromatic heterocycles. The Balaban J connectivity index is 2.19. The Morgan fingerprint density at radius 3 is 2.71 bits per heavy atom. The molecule has 0 aliphatic carbocycles. The molecule has 1 fully saturated rings.